The summed E-state index contributed by atoms with van der Waals surface area (Å²) in [5.74, 6) is -0.329. The molecular formula is C23H18BrF3N2OS. The molecule has 2 aromatic heterocycles. The smallest absolute Gasteiger partial charge is 0.347 e. The Labute approximate surface area is 189 Å². The van der Waals surface area contributed by atoms with Crippen LogP contribution in [0.1, 0.15) is 32.7 Å². The molecule has 0 aliphatic heterocycles. The minimum atomic E-state index is -4.42. The van der Waals surface area contributed by atoms with Crippen LogP contribution in [0.5, 0.6) is 0 Å². The Morgan fingerprint density at radius 1 is 1.06 bits per heavy atom. The van der Waals surface area contributed by atoms with Crippen molar-refractivity contribution in [2.24, 2.45) is 0 Å². The van der Waals surface area contributed by atoms with E-state index in [0.29, 0.717) is 17.8 Å². The Kier molecular flexibility index (Phi) is 5.94. The second kappa shape index (κ2) is 8.51. The molecule has 0 atom stereocenters. The zero-order valence-electron chi connectivity index (χ0n) is 16.5. The van der Waals surface area contributed by atoms with Gasteiger partial charge in [0.15, 0.2) is 0 Å². The van der Waals surface area contributed by atoms with Crippen molar-refractivity contribution in [3.63, 3.8) is 0 Å². The van der Waals surface area contributed by atoms with E-state index in [4.69, 9.17) is 0 Å². The maximum Gasteiger partial charge on any atom is 0.416 e. The highest BCUT2D eigenvalue weighted by Gasteiger charge is 2.30. The van der Waals surface area contributed by atoms with Gasteiger partial charge in [0.05, 0.1) is 19.6 Å². The normalized spacial score (nSPS) is 11.8. The molecule has 0 radical (unpaired) electrons. The summed E-state index contributed by atoms with van der Waals surface area (Å²) in [6, 6.07) is 16.8. The van der Waals surface area contributed by atoms with Crippen molar-refractivity contribution in [1.29, 1.82) is 0 Å². The van der Waals surface area contributed by atoms with E-state index in [0.717, 1.165) is 37.3 Å². The van der Waals surface area contributed by atoms with E-state index in [1.807, 2.05) is 41.8 Å². The summed E-state index contributed by atoms with van der Waals surface area (Å²) in [7, 11) is 0. The number of amides is 1. The number of hydrogen-bond acceptors (Lipinski definition) is 2. The topological polar surface area (TPSA) is 34.0 Å². The maximum absolute atomic E-state index is 13.0. The zero-order chi connectivity index (χ0) is 22.2. The number of carbonyl (C=O) groups excluding carboxylic acids is 1. The molecule has 8 heteroatoms. The molecule has 0 spiro atoms. The summed E-state index contributed by atoms with van der Waals surface area (Å²) in [6.07, 6.45) is -4.42. The van der Waals surface area contributed by atoms with Gasteiger partial charge in [-0.2, -0.15) is 13.2 Å². The van der Waals surface area contributed by atoms with E-state index in [1.165, 1.54) is 17.4 Å². The van der Waals surface area contributed by atoms with E-state index in [2.05, 4.69) is 27.3 Å². The lowest BCUT2D eigenvalue weighted by atomic mass is 10.1. The first-order valence-corrected chi connectivity index (χ1v) is 11.1. The van der Waals surface area contributed by atoms with Gasteiger partial charge in [-0.15, -0.1) is 11.3 Å². The van der Waals surface area contributed by atoms with Crippen LogP contribution in [-0.2, 0) is 19.3 Å². The standard InChI is InChI=1S/C23H18BrF3N2OS/c1-14-4-2-6-16(8-14)13-29-18-11-21(24)31-20(18)10-19(29)22(30)28-12-15-5-3-7-17(9-15)23(25,26)27/h2-11H,12-13H2,1H3,(H,28,30). The summed E-state index contributed by atoms with van der Waals surface area (Å²) in [6.45, 7) is 2.54. The maximum atomic E-state index is 13.0. The third-order valence-electron chi connectivity index (χ3n) is 4.92. The van der Waals surface area contributed by atoms with Gasteiger partial charge in [-0.3, -0.25) is 4.79 Å². The van der Waals surface area contributed by atoms with Crippen molar-refractivity contribution in [1.82, 2.24) is 9.88 Å². The predicted octanol–water partition coefficient (Wildman–Crippen LogP) is 6.77. The van der Waals surface area contributed by atoms with Crippen LogP contribution >= 0.6 is 27.3 Å². The van der Waals surface area contributed by atoms with Gasteiger partial charge in [-0.25, -0.2) is 0 Å². The number of aromatic nitrogens is 1. The van der Waals surface area contributed by atoms with Crippen molar-refractivity contribution in [2.75, 3.05) is 0 Å². The van der Waals surface area contributed by atoms with Gasteiger partial charge in [0.1, 0.15) is 5.69 Å². The van der Waals surface area contributed by atoms with Gasteiger partial charge in [0.2, 0.25) is 0 Å². The highest BCUT2D eigenvalue weighted by atomic mass is 79.9. The molecule has 0 saturated carbocycles. The van der Waals surface area contributed by atoms with Crippen LogP contribution in [0.3, 0.4) is 0 Å². The number of alkyl halides is 3. The van der Waals surface area contributed by atoms with Gasteiger partial charge in [-0.05, 0) is 58.2 Å². The molecule has 0 fully saturated rings. The Bertz CT molecular complexity index is 1260. The van der Waals surface area contributed by atoms with Crippen LogP contribution < -0.4 is 5.32 Å². The average Bonchev–Trinajstić information content (AvgIpc) is 3.23. The second-order valence-corrected chi connectivity index (χ2v) is 9.75. The highest BCUT2D eigenvalue weighted by Crippen LogP contribution is 2.33. The third-order valence-corrected chi connectivity index (χ3v) is 6.50. The Balaban J connectivity index is 1.60. The van der Waals surface area contributed by atoms with Gasteiger partial charge in [0, 0.05) is 13.1 Å². The van der Waals surface area contributed by atoms with Crippen molar-refractivity contribution in [3.8, 4) is 0 Å². The fourth-order valence-corrected chi connectivity index (χ4v) is 5.06. The lowest BCUT2D eigenvalue weighted by Crippen LogP contribution is -2.25. The number of fused-ring (bicyclic) bond motifs is 1. The summed E-state index contributed by atoms with van der Waals surface area (Å²) in [5.41, 5.74) is 3.26. The lowest BCUT2D eigenvalue weighted by Gasteiger charge is -2.12. The molecule has 2 heterocycles. The molecule has 0 bridgehead atoms. The largest absolute Gasteiger partial charge is 0.416 e. The van der Waals surface area contributed by atoms with Gasteiger partial charge >= 0.3 is 6.18 Å². The zero-order valence-corrected chi connectivity index (χ0v) is 18.9. The van der Waals surface area contributed by atoms with Crippen LogP contribution in [0, 0.1) is 6.92 Å². The van der Waals surface area contributed by atoms with E-state index < -0.39 is 11.7 Å². The summed E-state index contributed by atoms with van der Waals surface area (Å²) >= 11 is 5.02. The molecule has 4 aromatic rings. The van der Waals surface area contributed by atoms with E-state index in [1.54, 1.807) is 6.07 Å². The first-order chi connectivity index (χ1) is 14.7. The highest BCUT2D eigenvalue weighted by molar-refractivity contribution is 9.11. The predicted molar refractivity (Wildman–Crippen MR) is 120 cm³/mol. The second-order valence-electron chi connectivity index (χ2n) is 7.29. The summed E-state index contributed by atoms with van der Waals surface area (Å²) < 4.78 is 42.7. The van der Waals surface area contributed by atoms with E-state index in [-0.39, 0.29) is 12.5 Å². The van der Waals surface area contributed by atoms with Crippen LogP contribution in [-0.4, -0.2) is 10.5 Å². The molecule has 0 aliphatic rings. The summed E-state index contributed by atoms with van der Waals surface area (Å²) in [4.78, 5) is 13.0. The number of carbonyl (C=O) groups is 1. The molecule has 4 rings (SSSR count). The molecule has 160 valence electrons. The minimum absolute atomic E-state index is 0.00964. The Hall–Kier alpha value is -2.58. The van der Waals surface area contributed by atoms with Crippen molar-refractivity contribution < 1.29 is 18.0 Å². The van der Waals surface area contributed by atoms with Crippen molar-refractivity contribution in [2.45, 2.75) is 26.2 Å². The van der Waals surface area contributed by atoms with E-state index in [9.17, 15) is 18.0 Å². The van der Waals surface area contributed by atoms with Gasteiger partial charge in [-0.1, -0.05) is 42.0 Å². The molecule has 0 unspecified atom stereocenters. The van der Waals surface area contributed by atoms with Crippen LogP contribution in [0.4, 0.5) is 13.2 Å². The molecule has 3 nitrogen and oxygen atoms in total. The van der Waals surface area contributed by atoms with E-state index >= 15 is 0 Å². The van der Waals surface area contributed by atoms with Gasteiger partial charge in [0.25, 0.3) is 5.91 Å². The number of halogens is 4. The van der Waals surface area contributed by atoms with Crippen LogP contribution in [0.25, 0.3) is 10.2 Å². The van der Waals surface area contributed by atoms with Crippen LogP contribution in [0.15, 0.2) is 64.5 Å². The van der Waals surface area contributed by atoms with Crippen molar-refractivity contribution >= 4 is 43.4 Å². The summed E-state index contributed by atoms with van der Waals surface area (Å²) in [5, 5.41) is 2.76. The lowest BCUT2D eigenvalue weighted by molar-refractivity contribution is -0.137. The fraction of sp³-hybridized carbons (Fsp3) is 0.174. The first-order valence-electron chi connectivity index (χ1n) is 9.49. The molecule has 1 amide bonds. The fourth-order valence-electron chi connectivity index (χ4n) is 3.49. The van der Waals surface area contributed by atoms with Gasteiger partial charge < -0.3 is 9.88 Å². The monoisotopic (exact) mass is 506 g/mol. The Morgan fingerprint density at radius 3 is 2.55 bits per heavy atom. The number of nitrogens with zero attached hydrogens (tertiary/aromatic N) is 1. The first kappa shape index (κ1) is 21.6. The molecule has 0 saturated heterocycles. The minimum Gasteiger partial charge on any atom is -0.347 e. The SMILES string of the molecule is Cc1cccc(Cn2c(C(=O)NCc3cccc(C(F)(F)F)c3)cc3sc(Br)cc32)c1. The molecule has 31 heavy (non-hydrogen) atoms. The number of thiophene rings is 1. The van der Waals surface area contributed by atoms with Crippen LogP contribution in [0.2, 0.25) is 0 Å². The number of aryl methyl sites for hydroxylation is 1. The molecule has 1 N–H and O–H groups in total. The molecular weight excluding hydrogens is 489 g/mol. The average molecular weight is 507 g/mol. The number of nitrogens with one attached hydrogen (secondary N) is 1. The number of rotatable bonds is 5. The quantitative estimate of drug-likeness (QED) is 0.318. The molecule has 0 aliphatic carbocycles. The number of benzene rings is 2. The van der Waals surface area contributed by atoms with Crippen molar-refractivity contribution in [3.05, 3.63) is 92.4 Å². The Morgan fingerprint density at radius 2 is 1.81 bits per heavy atom. The number of hydrogen-bond donors (Lipinski definition) is 1. The third kappa shape index (κ3) is 4.85. The molecule has 2 aromatic carbocycles.